The number of nitrogens with zero attached hydrogens (tertiary/aromatic N) is 5. The van der Waals surface area contributed by atoms with Crippen LogP contribution >= 0.6 is 0 Å². The molecule has 0 atom stereocenters. The number of anilines is 1. The molecule has 0 amide bonds. The molecule has 0 fully saturated rings. The van der Waals surface area contributed by atoms with Gasteiger partial charge in [-0.15, -0.1) is 0 Å². The van der Waals surface area contributed by atoms with Gasteiger partial charge in [-0.2, -0.15) is 5.10 Å². The topological polar surface area (TPSA) is 125 Å². The van der Waals surface area contributed by atoms with Gasteiger partial charge in [0.15, 0.2) is 5.65 Å². The van der Waals surface area contributed by atoms with Gasteiger partial charge in [-0.3, -0.25) is 0 Å². The van der Waals surface area contributed by atoms with E-state index in [-0.39, 0.29) is 17.6 Å². The number of rotatable bonds is 5. The molecule has 0 aliphatic rings. The van der Waals surface area contributed by atoms with Crippen LogP contribution in [0.2, 0.25) is 0 Å². The van der Waals surface area contributed by atoms with Crippen LogP contribution in [0.4, 0.5) is 5.82 Å². The average Bonchev–Trinajstić information content (AvgIpc) is 2.79. The van der Waals surface area contributed by atoms with E-state index >= 15 is 0 Å². The second-order valence-electron chi connectivity index (χ2n) is 4.63. The van der Waals surface area contributed by atoms with Crippen LogP contribution in [-0.2, 0) is 0 Å². The largest absolute Gasteiger partial charge is 0.409 e. The summed E-state index contributed by atoms with van der Waals surface area (Å²) in [4.78, 5) is 17.6. The van der Waals surface area contributed by atoms with Crippen LogP contribution < -0.4 is 16.3 Å². The molecule has 20 heavy (non-hydrogen) atoms. The molecule has 2 heterocycles. The van der Waals surface area contributed by atoms with E-state index in [0.29, 0.717) is 24.4 Å². The van der Waals surface area contributed by atoms with Gasteiger partial charge in [0.1, 0.15) is 18.0 Å². The first-order chi connectivity index (χ1) is 9.52. The highest BCUT2D eigenvalue weighted by Gasteiger charge is 2.14. The monoisotopic (exact) mass is 279 g/mol. The van der Waals surface area contributed by atoms with Gasteiger partial charge in [0.2, 0.25) is 0 Å². The molecule has 0 unspecified atom stereocenters. The molecule has 9 heteroatoms. The molecule has 2 aromatic heterocycles. The quantitative estimate of drug-likeness (QED) is 0.300. The second-order valence-corrected chi connectivity index (χ2v) is 4.63. The van der Waals surface area contributed by atoms with E-state index in [9.17, 15) is 4.79 Å². The average molecular weight is 279 g/mol. The molecule has 0 aliphatic carbocycles. The first-order valence-electron chi connectivity index (χ1n) is 6.18. The molecule has 0 radical (unpaired) electrons. The number of oxime groups is 1. The lowest BCUT2D eigenvalue weighted by atomic mass is 10.2. The molecule has 0 saturated carbocycles. The summed E-state index contributed by atoms with van der Waals surface area (Å²) in [5, 5.41) is 17.8. The number of nitrogens with one attached hydrogen (secondary N) is 1. The minimum atomic E-state index is -0.327. The van der Waals surface area contributed by atoms with Gasteiger partial charge in [-0.1, -0.05) is 5.16 Å². The maximum absolute atomic E-state index is 11.4. The van der Waals surface area contributed by atoms with E-state index in [1.807, 2.05) is 18.7 Å². The van der Waals surface area contributed by atoms with Crippen molar-refractivity contribution in [2.75, 3.05) is 11.4 Å². The standard InChI is InChI=1S/C11H17N7O2/c1-7(2)17(4-3-8(12)16-20)9-5-10-14-15-11(19)18(10)6-13-9/h5-7,20H,3-4H2,1-2H3,(H2,12,16)(H,15,19). The summed E-state index contributed by atoms with van der Waals surface area (Å²) in [6.45, 7) is 4.56. The molecule has 108 valence electrons. The summed E-state index contributed by atoms with van der Waals surface area (Å²) in [5.41, 5.74) is 5.65. The van der Waals surface area contributed by atoms with Gasteiger partial charge in [0.05, 0.1) is 0 Å². The molecule has 0 aliphatic heterocycles. The van der Waals surface area contributed by atoms with Crippen molar-refractivity contribution in [2.45, 2.75) is 26.3 Å². The van der Waals surface area contributed by atoms with Gasteiger partial charge in [-0.25, -0.2) is 19.3 Å². The van der Waals surface area contributed by atoms with E-state index in [1.165, 1.54) is 10.7 Å². The molecule has 9 nitrogen and oxygen atoms in total. The number of fused-ring (bicyclic) bond motifs is 1. The Bertz CT molecular complexity index is 673. The van der Waals surface area contributed by atoms with E-state index in [2.05, 4.69) is 20.3 Å². The smallest absolute Gasteiger partial charge is 0.348 e. The van der Waals surface area contributed by atoms with Crippen molar-refractivity contribution < 1.29 is 5.21 Å². The van der Waals surface area contributed by atoms with Crippen molar-refractivity contribution >= 4 is 17.3 Å². The van der Waals surface area contributed by atoms with Gasteiger partial charge in [0.25, 0.3) is 0 Å². The maximum Gasteiger partial charge on any atom is 0.348 e. The number of amidine groups is 1. The van der Waals surface area contributed by atoms with Crippen LogP contribution in [0, 0.1) is 0 Å². The molecule has 2 rings (SSSR count). The van der Waals surface area contributed by atoms with Crippen LogP contribution in [-0.4, -0.2) is 43.2 Å². The highest BCUT2D eigenvalue weighted by Crippen LogP contribution is 2.15. The predicted octanol–water partition coefficient (Wildman–Crippen LogP) is -0.231. The van der Waals surface area contributed by atoms with Crippen molar-refractivity contribution in [3.05, 3.63) is 22.9 Å². The Morgan fingerprint density at radius 1 is 1.65 bits per heavy atom. The van der Waals surface area contributed by atoms with E-state index in [1.54, 1.807) is 6.07 Å². The van der Waals surface area contributed by atoms with E-state index in [4.69, 9.17) is 10.9 Å². The normalized spacial score (nSPS) is 12.2. The molecule has 0 spiro atoms. The Hall–Kier alpha value is -2.58. The number of hydrogen-bond donors (Lipinski definition) is 3. The summed E-state index contributed by atoms with van der Waals surface area (Å²) < 4.78 is 1.32. The summed E-state index contributed by atoms with van der Waals surface area (Å²) >= 11 is 0. The number of H-pyrrole nitrogens is 1. The fourth-order valence-electron chi connectivity index (χ4n) is 1.88. The molecular formula is C11H17N7O2. The molecule has 2 aromatic rings. The Balaban J connectivity index is 2.29. The Kier molecular flexibility index (Phi) is 3.87. The third-order valence-corrected chi connectivity index (χ3v) is 2.95. The van der Waals surface area contributed by atoms with Crippen molar-refractivity contribution in [1.82, 2.24) is 19.6 Å². The third kappa shape index (κ3) is 2.71. The number of hydrogen-bond acceptors (Lipinski definition) is 6. The van der Waals surface area contributed by atoms with Crippen LogP contribution in [0.3, 0.4) is 0 Å². The van der Waals surface area contributed by atoms with Gasteiger partial charge in [0, 0.05) is 25.1 Å². The SMILES string of the molecule is CC(C)N(CCC(N)=NO)c1cc2n[nH]c(=O)n2cn1. The van der Waals surface area contributed by atoms with Crippen LogP contribution in [0.5, 0.6) is 0 Å². The highest BCUT2D eigenvalue weighted by molar-refractivity contribution is 5.80. The lowest BCUT2D eigenvalue weighted by Gasteiger charge is -2.27. The lowest BCUT2D eigenvalue weighted by molar-refractivity contribution is 0.317. The zero-order valence-electron chi connectivity index (χ0n) is 11.3. The molecule has 4 N–H and O–H groups in total. The zero-order chi connectivity index (χ0) is 14.7. The molecule has 0 aromatic carbocycles. The number of nitrogens with two attached hydrogens (primary N) is 1. The van der Waals surface area contributed by atoms with E-state index < -0.39 is 0 Å². The fourth-order valence-corrected chi connectivity index (χ4v) is 1.88. The van der Waals surface area contributed by atoms with Crippen molar-refractivity contribution in [3.63, 3.8) is 0 Å². The lowest BCUT2D eigenvalue weighted by Crippen LogP contribution is -2.34. The number of aromatic nitrogens is 4. The van der Waals surface area contributed by atoms with Crippen molar-refractivity contribution in [2.24, 2.45) is 10.9 Å². The molecule has 0 bridgehead atoms. The Morgan fingerprint density at radius 3 is 3.05 bits per heavy atom. The number of aromatic amines is 1. The highest BCUT2D eigenvalue weighted by atomic mass is 16.4. The summed E-state index contributed by atoms with van der Waals surface area (Å²) in [5.74, 6) is 0.838. The third-order valence-electron chi connectivity index (χ3n) is 2.95. The van der Waals surface area contributed by atoms with Crippen LogP contribution in [0.25, 0.3) is 5.65 Å². The summed E-state index contributed by atoms with van der Waals surface area (Å²) in [7, 11) is 0. The fraction of sp³-hybridized carbons (Fsp3) is 0.455. The minimum absolute atomic E-state index is 0.160. The van der Waals surface area contributed by atoms with E-state index in [0.717, 1.165) is 0 Å². The molecular weight excluding hydrogens is 262 g/mol. The van der Waals surface area contributed by atoms with Crippen LogP contribution in [0.1, 0.15) is 20.3 Å². The summed E-state index contributed by atoms with van der Waals surface area (Å²) in [6.07, 6.45) is 1.84. The van der Waals surface area contributed by atoms with Gasteiger partial charge in [-0.05, 0) is 13.8 Å². The van der Waals surface area contributed by atoms with Crippen molar-refractivity contribution in [3.8, 4) is 0 Å². The second kappa shape index (κ2) is 5.59. The minimum Gasteiger partial charge on any atom is -0.409 e. The van der Waals surface area contributed by atoms with Gasteiger partial charge >= 0.3 is 5.69 Å². The van der Waals surface area contributed by atoms with Gasteiger partial charge < -0.3 is 15.8 Å². The Labute approximate surface area is 114 Å². The Morgan fingerprint density at radius 2 is 2.40 bits per heavy atom. The first kappa shape index (κ1) is 13.8. The van der Waals surface area contributed by atoms with Crippen LogP contribution in [0.15, 0.2) is 22.3 Å². The summed E-state index contributed by atoms with van der Waals surface area (Å²) in [6, 6.07) is 1.88. The first-order valence-corrected chi connectivity index (χ1v) is 6.18. The zero-order valence-corrected chi connectivity index (χ0v) is 11.3. The maximum atomic E-state index is 11.4. The predicted molar refractivity (Wildman–Crippen MR) is 74.1 cm³/mol. The van der Waals surface area contributed by atoms with Crippen molar-refractivity contribution in [1.29, 1.82) is 0 Å². The molecule has 0 saturated heterocycles.